The van der Waals surface area contributed by atoms with Gasteiger partial charge in [-0.3, -0.25) is 9.59 Å². The van der Waals surface area contributed by atoms with Crippen LogP contribution in [0.25, 0.3) is 0 Å². The van der Waals surface area contributed by atoms with E-state index < -0.39 is 0 Å². The van der Waals surface area contributed by atoms with Gasteiger partial charge in [-0.2, -0.15) is 5.10 Å². The average molecular weight is 412 g/mol. The van der Waals surface area contributed by atoms with Crippen molar-refractivity contribution in [3.05, 3.63) is 99.5 Å². The molecule has 140 valence electrons. The Morgan fingerprint density at radius 1 is 0.821 bits per heavy atom. The van der Waals surface area contributed by atoms with Crippen LogP contribution in [0.4, 0.5) is 5.69 Å². The van der Waals surface area contributed by atoms with E-state index in [2.05, 4.69) is 15.8 Å². The van der Waals surface area contributed by atoms with Crippen LogP contribution in [0, 0.1) is 0 Å². The van der Waals surface area contributed by atoms with Gasteiger partial charge in [-0.25, -0.2) is 5.43 Å². The summed E-state index contributed by atoms with van der Waals surface area (Å²) in [7, 11) is 0. The van der Waals surface area contributed by atoms with E-state index >= 15 is 0 Å². The first-order chi connectivity index (χ1) is 13.5. The standard InChI is InChI=1S/C21H15Cl2N3O2/c22-17-9-6-16(19(23)12-17)13-24-26-21(28)15-7-10-18(11-8-15)25-20(27)14-4-2-1-3-5-14/h1-13H,(H,25,27)(H,26,28)/b24-13-. The molecule has 0 heterocycles. The predicted octanol–water partition coefficient (Wildman–Crippen LogP) is 5.01. The number of carbonyl (C=O) groups is 2. The Balaban J connectivity index is 1.59. The van der Waals surface area contributed by atoms with Crippen molar-refractivity contribution in [1.82, 2.24) is 5.43 Å². The summed E-state index contributed by atoms with van der Waals surface area (Å²) in [4.78, 5) is 24.3. The first-order valence-corrected chi connectivity index (χ1v) is 9.03. The van der Waals surface area contributed by atoms with Gasteiger partial charge < -0.3 is 5.32 Å². The van der Waals surface area contributed by atoms with Crippen LogP contribution in [0.1, 0.15) is 26.3 Å². The third-order valence-electron chi connectivity index (χ3n) is 3.77. The number of rotatable bonds is 5. The second-order valence-electron chi connectivity index (χ2n) is 5.76. The highest BCUT2D eigenvalue weighted by atomic mass is 35.5. The van der Waals surface area contributed by atoms with Crippen LogP contribution in [-0.4, -0.2) is 18.0 Å². The minimum Gasteiger partial charge on any atom is -0.322 e. The molecule has 3 rings (SSSR count). The van der Waals surface area contributed by atoms with Crippen molar-refractivity contribution in [2.75, 3.05) is 5.32 Å². The van der Waals surface area contributed by atoms with Crippen molar-refractivity contribution < 1.29 is 9.59 Å². The largest absolute Gasteiger partial charge is 0.322 e. The molecule has 5 nitrogen and oxygen atoms in total. The summed E-state index contributed by atoms with van der Waals surface area (Å²) in [6, 6.07) is 20.3. The summed E-state index contributed by atoms with van der Waals surface area (Å²) in [6.07, 6.45) is 1.44. The van der Waals surface area contributed by atoms with Crippen molar-refractivity contribution in [3.63, 3.8) is 0 Å². The zero-order valence-corrected chi connectivity index (χ0v) is 16.0. The Morgan fingerprint density at radius 2 is 1.50 bits per heavy atom. The maximum absolute atomic E-state index is 12.2. The normalized spacial score (nSPS) is 10.6. The van der Waals surface area contributed by atoms with E-state index in [9.17, 15) is 9.59 Å². The fraction of sp³-hybridized carbons (Fsp3) is 0. The number of hydrazone groups is 1. The predicted molar refractivity (Wildman–Crippen MR) is 112 cm³/mol. The van der Waals surface area contributed by atoms with Gasteiger partial charge in [-0.1, -0.05) is 47.5 Å². The topological polar surface area (TPSA) is 70.6 Å². The number of benzene rings is 3. The van der Waals surface area contributed by atoms with Crippen LogP contribution >= 0.6 is 23.2 Å². The number of hydrogen-bond donors (Lipinski definition) is 2. The number of amides is 2. The highest BCUT2D eigenvalue weighted by Gasteiger charge is 2.07. The zero-order chi connectivity index (χ0) is 19.9. The van der Waals surface area contributed by atoms with Crippen LogP contribution in [0.2, 0.25) is 10.0 Å². The molecule has 0 bridgehead atoms. The lowest BCUT2D eigenvalue weighted by Crippen LogP contribution is -2.18. The monoisotopic (exact) mass is 411 g/mol. The molecule has 0 aliphatic carbocycles. The minimum atomic E-state index is -0.387. The molecule has 7 heteroatoms. The van der Waals surface area contributed by atoms with Crippen molar-refractivity contribution in [1.29, 1.82) is 0 Å². The lowest BCUT2D eigenvalue weighted by atomic mass is 10.1. The number of nitrogens with one attached hydrogen (secondary N) is 2. The molecule has 0 aromatic heterocycles. The molecule has 3 aromatic carbocycles. The fourth-order valence-corrected chi connectivity index (χ4v) is 2.79. The summed E-state index contributed by atoms with van der Waals surface area (Å²) < 4.78 is 0. The van der Waals surface area contributed by atoms with Crippen LogP contribution in [0.5, 0.6) is 0 Å². The van der Waals surface area contributed by atoms with Crippen molar-refractivity contribution in [2.24, 2.45) is 5.10 Å². The van der Waals surface area contributed by atoms with Crippen LogP contribution < -0.4 is 10.7 Å². The maximum atomic E-state index is 12.2. The number of hydrogen-bond acceptors (Lipinski definition) is 3. The molecule has 0 atom stereocenters. The Kier molecular flexibility index (Phi) is 6.42. The molecule has 0 aliphatic rings. The molecule has 0 fully saturated rings. The number of anilines is 1. The Hall–Kier alpha value is -3.15. The van der Waals surface area contributed by atoms with Gasteiger partial charge in [-0.15, -0.1) is 0 Å². The molecule has 0 saturated carbocycles. The highest BCUT2D eigenvalue weighted by Crippen LogP contribution is 2.19. The van der Waals surface area contributed by atoms with Crippen molar-refractivity contribution in [2.45, 2.75) is 0 Å². The lowest BCUT2D eigenvalue weighted by molar-refractivity contribution is 0.0954. The van der Waals surface area contributed by atoms with Gasteiger partial charge in [-0.05, 0) is 48.5 Å². The second-order valence-corrected chi connectivity index (χ2v) is 6.61. The lowest BCUT2D eigenvalue weighted by Gasteiger charge is -2.06. The Labute approximate surface area is 172 Å². The molecule has 0 spiro atoms. The van der Waals surface area contributed by atoms with Gasteiger partial charge in [0.05, 0.1) is 11.2 Å². The van der Waals surface area contributed by atoms with Crippen LogP contribution in [-0.2, 0) is 0 Å². The van der Waals surface area contributed by atoms with Crippen molar-refractivity contribution in [3.8, 4) is 0 Å². The molecule has 28 heavy (non-hydrogen) atoms. The Bertz CT molecular complexity index is 1020. The smallest absolute Gasteiger partial charge is 0.271 e. The van der Waals surface area contributed by atoms with E-state index in [4.69, 9.17) is 23.2 Å². The van der Waals surface area contributed by atoms with E-state index in [0.29, 0.717) is 32.4 Å². The molecule has 2 N–H and O–H groups in total. The number of nitrogens with zero attached hydrogens (tertiary/aromatic N) is 1. The van der Waals surface area contributed by atoms with E-state index in [-0.39, 0.29) is 11.8 Å². The molecule has 2 amide bonds. The highest BCUT2D eigenvalue weighted by molar-refractivity contribution is 6.36. The van der Waals surface area contributed by atoms with Gasteiger partial charge in [0.1, 0.15) is 0 Å². The Morgan fingerprint density at radius 3 is 2.18 bits per heavy atom. The summed E-state index contributed by atoms with van der Waals surface area (Å²) in [5.41, 5.74) is 4.60. The SMILES string of the molecule is O=C(N/N=C\c1ccc(Cl)cc1Cl)c1ccc(NC(=O)c2ccccc2)cc1. The van der Waals surface area contributed by atoms with Gasteiger partial charge in [0.25, 0.3) is 11.8 Å². The third kappa shape index (κ3) is 5.19. The van der Waals surface area contributed by atoms with Gasteiger partial charge >= 0.3 is 0 Å². The molecule has 0 unspecified atom stereocenters. The average Bonchev–Trinajstić information content (AvgIpc) is 2.70. The molecule has 0 radical (unpaired) electrons. The first kappa shape index (κ1) is 19.6. The summed E-state index contributed by atoms with van der Waals surface area (Å²) >= 11 is 11.9. The van der Waals surface area contributed by atoms with Gasteiger partial charge in [0.2, 0.25) is 0 Å². The molecular formula is C21H15Cl2N3O2. The third-order valence-corrected chi connectivity index (χ3v) is 4.34. The summed E-state index contributed by atoms with van der Waals surface area (Å²) in [5, 5.41) is 7.62. The van der Waals surface area contributed by atoms with Crippen LogP contribution in [0.3, 0.4) is 0 Å². The van der Waals surface area contributed by atoms with E-state index in [1.165, 1.54) is 6.21 Å². The minimum absolute atomic E-state index is 0.220. The maximum Gasteiger partial charge on any atom is 0.271 e. The molecule has 0 aliphatic heterocycles. The second kappa shape index (κ2) is 9.17. The van der Waals surface area contributed by atoms with E-state index in [0.717, 1.165) is 0 Å². The van der Waals surface area contributed by atoms with Gasteiger partial charge in [0, 0.05) is 27.4 Å². The molecule has 0 saturated heterocycles. The molecular weight excluding hydrogens is 397 g/mol. The fourth-order valence-electron chi connectivity index (χ4n) is 2.33. The van der Waals surface area contributed by atoms with Crippen molar-refractivity contribution >= 4 is 46.9 Å². The van der Waals surface area contributed by atoms with Crippen LogP contribution in [0.15, 0.2) is 77.9 Å². The first-order valence-electron chi connectivity index (χ1n) is 8.28. The number of carbonyl (C=O) groups excluding carboxylic acids is 2. The quantitative estimate of drug-likeness (QED) is 0.457. The van der Waals surface area contributed by atoms with Gasteiger partial charge in [0.15, 0.2) is 0 Å². The van der Waals surface area contributed by atoms with E-state index in [1.54, 1.807) is 66.7 Å². The summed E-state index contributed by atoms with van der Waals surface area (Å²) in [5.74, 6) is -0.607. The summed E-state index contributed by atoms with van der Waals surface area (Å²) in [6.45, 7) is 0. The number of halogens is 2. The zero-order valence-electron chi connectivity index (χ0n) is 14.5. The van der Waals surface area contributed by atoms with E-state index in [1.807, 2.05) is 6.07 Å². The molecule has 3 aromatic rings.